The molecule has 2 aliphatic rings. The van der Waals surface area contributed by atoms with Crippen molar-refractivity contribution in [2.75, 3.05) is 25.3 Å². The maximum atomic E-state index is 14.4. The minimum absolute atomic E-state index is 0.298. The third kappa shape index (κ3) is 2.89. The van der Waals surface area contributed by atoms with Gasteiger partial charge in [-0.2, -0.15) is 0 Å². The Morgan fingerprint density at radius 2 is 2.08 bits per heavy atom. The van der Waals surface area contributed by atoms with Crippen molar-refractivity contribution in [2.24, 2.45) is 4.99 Å². The second-order valence-corrected chi connectivity index (χ2v) is 6.28. The quantitative estimate of drug-likeness (QED) is 0.886. The number of halogens is 2. The fourth-order valence-electron chi connectivity index (χ4n) is 3.05. The summed E-state index contributed by atoms with van der Waals surface area (Å²) in [6.45, 7) is 1.08. The molecule has 0 fully saturated rings. The largest absolute Gasteiger partial charge is 0.302 e. The third-order valence-electron chi connectivity index (χ3n) is 4.13. The Bertz CT molecular complexity index is 880. The molecule has 0 atom stereocenters. The molecule has 0 aromatic heterocycles. The topological polar surface area (TPSA) is 42.9 Å². The van der Waals surface area contributed by atoms with Gasteiger partial charge in [0.25, 0.3) is 0 Å². The molecule has 0 radical (unpaired) electrons. The molecule has 0 spiro atoms. The van der Waals surface area contributed by atoms with Gasteiger partial charge in [-0.3, -0.25) is 15.0 Å². The van der Waals surface area contributed by atoms with E-state index in [1.165, 1.54) is 6.07 Å². The molecule has 25 heavy (non-hydrogen) atoms. The first-order valence-electron chi connectivity index (χ1n) is 7.95. The molecular formula is C18H17ClFN5. The van der Waals surface area contributed by atoms with Crippen molar-refractivity contribution < 1.29 is 4.39 Å². The predicted molar refractivity (Wildman–Crippen MR) is 97.8 cm³/mol. The van der Waals surface area contributed by atoms with Crippen LogP contribution in [0.5, 0.6) is 0 Å². The highest BCUT2D eigenvalue weighted by Crippen LogP contribution is 2.33. The number of nitrogens with zero attached hydrogens (tertiary/aromatic N) is 3. The van der Waals surface area contributed by atoms with Gasteiger partial charge in [0, 0.05) is 22.3 Å². The smallest absolute Gasteiger partial charge is 0.132 e. The third-order valence-corrected chi connectivity index (χ3v) is 4.37. The van der Waals surface area contributed by atoms with Crippen LogP contribution in [0.15, 0.2) is 59.4 Å². The molecule has 4 rings (SSSR count). The van der Waals surface area contributed by atoms with E-state index in [4.69, 9.17) is 16.6 Å². The molecule has 0 bridgehead atoms. The molecule has 2 aliphatic heterocycles. The zero-order valence-electron chi connectivity index (χ0n) is 13.6. The fourth-order valence-corrected chi connectivity index (χ4v) is 3.22. The zero-order valence-corrected chi connectivity index (χ0v) is 14.4. The van der Waals surface area contributed by atoms with E-state index >= 15 is 0 Å². The average Bonchev–Trinajstić information content (AvgIpc) is 2.93. The van der Waals surface area contributed by atoms with Crippen LogP contribution >= 0.6 is 11.6 Å². The molecule has 7 heteroatoms. The van der Waals surface area contributed by atoms with Crippen molar-refractivity contribution in [1.29, 1.82) is 0 Å². The summed E-state index contributed by atoms with van der Waals surface area (Å²) in [4.78, 5) is 4.69. The lowest BCUT2D eigenvalue weighted by Gasteiger charge is -2.25. The molecule has 0 amide bonds. The SMILES string of the molecule is CNCN1C=C2CN=C(c3ccccc3F)c3cc(Cl)ccc3N2N1. The first kappa shape index (κ1) is 16.1. The van der Waals surface area contributed by atoms with Crippen LogP contribution in [0.25, 0.3) is 0 Å². The molecule has 0 saturated carbocycles. The highest BCUT2D eigenvalue weighted by Gasteiger charge is 2.29. The molecular weight excluding hydrogens is 341 g/mol. The summed E-state index contributed by atoms with van der Waals surface area (Å²) in [5.41, 5.74) is 7.03. The van der Waals surface area contributed by atoms with Crippen molar-refractivity contribution in [1.82, 2.24) is 15.9 Å². The minimum Gasteiger partial charge on any atom is -0.302 e. The van der Waals surface area contributed by atoms with Gasteiger partial charge in [0.2, 0.25) is 0 Å². The Balaban J connectivity index is 1.86. The van der Waals surface area contributed by atoms with Crippen LogP contribution in [-0.2, 0) is 0 Å². The van der Waals surface area contributed by atoms with Crippen LogP contribution in [0.1, 0.15) is 11.1 Å². The van der Waals surface area contributed by atoms with Crippen molar-refractivity contribution in [3.8, 4) is 0 Å². The van der Waals surface area contributed by atoms with Gasteiger partial charge in [-0.05, 0) is 37.4 Å². The van der Waals surface area contributed by atoms with Gasteiger partial charge in [0.05, 0.1) is 30.3 Å². The summed E-state index contributed by atoms with van der Waals surface area (Å²) in [6, 6.07) is 12.2. The van der Waals surface area contributed by atoms with Gasteiger partial charge in [-0.1, -0.05) is 23.7 Å². The lowest BCUT2D eigenvalue weighted by atomic mass is 10.00. The number of anilines is 1. The van der Waals surface area contributed by atoms with Gasteiger partial charge < -0.3 is 5.32 Å². The van der Waals surface area contributed by atoms with Crippen LogP contribution in [0, 0.1) is 5.82 Å². The minimum atomic E-state index is -0.298. The summed E-state index contributed by atoms with van der Waals surface area (Å²) in [7, 11) is 1.88. The zero-order chi connectivity index (χ0) is 17.4. The molecule has 0 aliphatic carbocycles. The molecule has 2 aromatic carbocycles. The van der Waals surface area contributed by atoms with E-state index in [0.717, 1.165) is 16.9 Å². The second kappa shape index (κ2) is 6.48. The first-order chi connectivity index (χ1) is 12.2. The van der Waals surface area contributed by atoms with Crippen molar-refractivity contribution in [3.63, 3.8) is 0 Å². The Morgan fingerprint density at radius 3 is 2.88 bits per heavy atom. The van der Waals surface area contributed by atoms with E-state index < -0.39 is 0 Å². The van der Waals surface area contributed by atoms with E-state index in [1.807, 2.05) is 47.5 Å². The van der Waals surface area contributed by atoms with Crippen molar-refractivity contribution >= 4 is 23.0 Å². The maximum Gasteiger partial charge on any atom is 0.132 e. The van der Waals surface area contributed by atoms with E-state index in [-0.39, 0.29) is 5.82 Å². The van der Waals surface area contributed by atoms with Crippen LogP contribution in [-0.4, -0.2) is 31.0 Å². The summed E-state index contributed by atoms with van der Waals surface area (Å²) >= 11 is 6.22. The second-order valence-electron chi connectivity index (χ2n) is 5.84. The fraction of sp³-hybridized carbons (Fsp3) is 0.167. The van der Waals surface area contributed by atoms with Crippen LogP contribution in [0.3, 0.4) is 0 Å². The summed E-state index contributed by atoms with van der Waals surface area (Å²) < 4.78 is 14.4. The summed E-state index contributed by atoms with van der Waals surface area (Å²) in [5.74, 6) is -0.298. The normalized spacial score (nSPS) is 16.1. The molecule has 2 N–H and O–H groups in total. The van der Waals surface area contributed by atoms with Gasteiger partial charge in [-0.15, -0.1) is 5.53 Å². The van der Waals surface area contributed by atoms with E-state index in [9.17, 15) is 4.39 Å². The molecule has 128 valence electrons. The Kier molecular flexibility index (Phi) is 4.17. The predicted octanol–water partition coefficient (Wildman–Crippen LogP) is 2.89. The highest BCUT2D eigenvalue weighted by molar-refractivity contribution is 6.31. The summed E-state index contributed by atoms with van der Waals surface area (Å²) in [5, 5.41) is 7.57. The number of fused-ring (bicyclic) bond motifs is 3. The van der Waals surface area contributed by atoms with Gasteiger partial charge in [0.1, 0.15) is 5.82 Å². The van der Waals surface area contributed by atoms with Crippen molar-refractivity contribution in [3.05, 3.63) is 76.3 Å². The number of aliphatic imine (C=N–C) groups is 1. The molecule has 5 nitrogen and oxygen atoms in total. The lowest BCUT2D eigenvalue weighted by molar-refractivity contribution is 0.280. The Labute approximate surface area is 150 Å². The molecule has 2 heterocycles. The number of hydrogen-bond donors (Lipinski definition) is 2. The Hall–Kier alpha value is -2.41. The molecule has 0 unspecified atom stereocenters. The van der Waals surface area contributed by atoms with E-state index in [0.29, 0.717) is 29.5 Å². The maximum absolute atomic E-state index is 14.4. The first-order valence-corrected chi connectivity index (χ1v) is 8.33. The van der Waals surface area contributed by atoms with E-state index in [2.05, 4.69) is 10.9 Å². The average molecular weight is 358 g/mol. The number of hydrazine groups is 2. The van der Waals surface area contributed by atoms with Gasteiger partial charge >= 0.3 is 0 Å². The standard InChI is InChI=1S/C18H17ClFN5/c1-21-11-24-10-13-9-22-18(14-4-2-3-5-16(14)20)15-8-12(19)6-7-17(15)25(13)23-24/h2-8,10,21,23H,9,11H2,1H3. The van der Waals surface area contributed by atoms with Crippen LogP contribution < -0.4 is 15.9 Å². The summed E-state index contributed by atoms with van der Waals surface area (Å²) in [6.07, 6.45) is 1.99. The number of nitrogens with one attached hydrogen (secondary N) is 2. The Morgan fingerprint density at radius 1 is 1.24 bits per heavy atom. The number of rotatable bonds is 3. The van der Waals surface area contributed by atoms with Gasteiger partial charge in [-0.25, -0.2) is 4.39 Å². The van der Waals surface area contributed by atoms with Crippen molar-refractivity contribution in [2.45, 2.75) is 0 Å². The lowest BCUT2D eigenvalue weighted by Crippen LogP contribution is -2.44. The highest BCUT2D eigenvalue weighted by atomic mass is 35.5. The monoisotopic (exact) mass is 357 g/mol. The van der Waals surface area contributed by atoms with Gasteiger partial charge in [0.15, 0.2) is 0 Å². The van der Waals surface area contributed by atoms with Crippen LogP contribution in [0.4, 0.5) is 10.1 Å². The van der Waals surface area contributed by atoms with E-state index in [1.54, 1.807) is 12.1 Å². The number of hydrogen-bond acceptors (Lipinski definition) is 5. The molecule has 0 saturated heterocycles. The number of benzene rings is 2. The van der Waals surface area contributed by atoms with Crippen LogP contribution in [0.2, 0.25) is 5.02 Å². The molecule has 2 aromatic rings.